The first-order chi connectivity index (χ1) is 26.9. The first-order valence-electron chi connectivity index (χ1n) is 17.3. The number of aromatic hydroxyl groups is 1. The van der Waals surface area contributed by atoms with Gasteiger partial charge in [-0.3, -0.25) is 30.0 Å². The van der Waals surface area contributed by atoms with Gasteiger partial charge in [-0.15, -0.1) is 21.5 Å². The summed E-state index contributed by atoms with van der Waals surface area (Å²) in [5, 5.41) is 34.3. The Bertz CT molecular complexity index is 2820. The minimum atomic E-state index is -1.21. The van der Waals surface area contributed by atoms with Gasteiger partial charge in [-0.1, -0.05) is 36.4 Å². The molecule has 0 saturated carbocycles. The SMILES string of the molecule is C=C(NNC(=O)C[C@@H]1N=C(c2ccc(Cl)cc2)c2c(sc(C)c2C)-n2c(C)nnc21)Nc1ccc(-c2c3ccc(=O)cc-3oc3cc(O)ccc23)c(C(=O)O)c1. The minimum absolute atomic E-state index is 0.0500. The highest BCUT2D eigenvalue weighted by molar-refractivity contribution is 7.15. The third-order valence-corrected chi connectivity index (χ3v) is 11.0. The lowest BCUT2D eigenvalue weighted by molar-refractivity contribution is -0.122. The van der Waals surface area contributed by atoms with Crippen LogP contribution in [0.3, 0.4) is 0 Å². The van der Waals surface area contributed by atoms with Crippen LogP contribution in [0.1, 0.15) is 56.0 Å². The number of aromatic carboxylic acids is 1. The van der Waals surface area contributed by atoms with Crippen molar-refractivity contribution in [1.82, 2.24) is 25.6 Å². The molecule has 3 aromatic carbocycles. The third kappa shape index (κ3) is 6.54. The zero-order chi connectivity index (χ0) is 39.4. The maximum Gasteiger partial charge on any atom is 0.336 e. The molecule has 1 aliphatic carbocycles. The van der Waals surface area contributed by atoms with Gasteiger partial charge in [-0.25, -0.2) is 4.79 Å². The van der Waals surface area contributed by atoms with Crippen LogP contribution in [0.4, 0.5) is 5.69 Å². The first kappa shape index (κ1) is 36.2. The average molecular weight is 786 g/mol. The predicted molar refractivity (Wildman–Crippen MR) is 215 cm³/mol. The van der Waals surface area contributed by atoms with E-state index in [4.69, 9.17) is 21.0 Å². The monoisotopic (exact) mass is 785 g/mol. The van der Waals surface area contributed by atoms with E-state index < -0.39 is 17.9 Å². The summed E-state index contributed by atoms with van der Waals surface area (Å²) < 4.78 is 7.88. The number of carboxylic acid groups (broad SMARTS) is 1. The summed E-state index contributed by atoms with van der Waals surface area (Å²) in [5.41, 5.74) is 10.7. The Hall–Kier alpha value is -6.77. The lowest BCUT2D eigenvalue weighted by atomic mass is 9.90. The van der Waals surface area contributed by atoms with E-state index in [1.807, 2.05) is 23.6 Å². The van der Waals surface area contributed by atoms with Crippen LogP contribution >= 0.6 is 22.9 Å². The van der Waals surface area contributed by atoms with Gasteiger partial charge in [0.1, 0.15) is 39.8 Å². The molecule has 56 heavy (non-hydrogen) atoms. The number of aromatic nitrogens is 3. The molecular weight excluding hydrogens is 754 g/mol. The molecule has 1 amide bonds. The second-order valence-corrected chi connectivity index (χ2v) is 14.9. The van der Waals surface area contributed by atoms with Crippen molar-refractivity contribution in [3.8, 4) is 33.2 Å². The lowest BCUT2D eigenvalue weighted by Crippen LogP contribution is -2.39. The number of carbonyl (C=O) groups is 2. The van der Waals surface area contributed by atoms with Crippen LogP contribution in [0.5, 0.6) is 5.75 Å². The number of nitrogens with zero attached hydrogens (tertiary/aromatic N) is 4. The summed E-state index contributed by atoms with van der Waals surface area (Å²) in [6, 6.07) is 20.2. The topological polar surface area (TPSA) is 184 Å². The number of anilines is 1. The number of carbonyl (C=O) groups excluding carboxylic acids is 1. The molecule has 4 heterocycles. The van der Waals surface area contributed by atoms with E-state index >= 15 is 0 Å². The van der Waals surface area contributed by atoms with Gasteiger partial charge in [0.2, 0.25) is 5.91 Å². The number of nitrogens with one attached hydrogen (secondary N) is 3. The Balaban J connectivity index is 1.04. The van der Waals surface area contributed by atoms with E-state index in [1.165, 1.54) is 30.3 Å². The van der Waals surface area contributed by atoms with E-state index in [1.54, 1.807) is 47.7 Å². The van der Waals surface area contributed by atoms with E-state index in [0.717, 1.165) is 32.3 Å². The van der Waals surface area contributed by atoms with Crippen LogP contribution in [0.2, 0.25) is 5.02 Å². The molecule has 0 unspecified atom stereocenters. The normalized spacial score (nSPS) is 13.4. The summed E-state index contributed by atoms with van der Waals surface area (Å²) in [6.07, 6.45) is -0.0861. The van der Waals surface area contributed by atoms with Crippen molar-refractivity contribution in [1.29, 1.82) is 0 Å². The molecule has 0 fully saturated rings. The van der Waals surface area contributed by atoms with E-state index in [9.17, 15) is 24.6 Å². The average Bonchev–Trinajstić information content (AvgIpc) is 3.64. The summed E-state index contributed by atoms with van der Waals surface area (Å²) in [5.74, 6) is -0.0708. The number of phenols is 1. The Morgan fingerprint density at radius 2 is 1.71 bits per heavy atom. The summed E-state index contributed by atoms with van der Waals surface area (Å²) in [7, 11) is 0. The number of carboxylic acids is 1. The molecule has 5 N–H and O–H groups in total. The molecule has 5 aromatic rings. The van der Waals surface area contributed by atoms with Crippen molar-refractivity contribution in [2.45, 2.75) is 33.2 Å². The largest absolute Gasteiger partial charge is 0.508 e. The Kier molecular flexibility index (Phi) is 9.14. The standard InChI is InChI=1S/C41H32ClN7O6S/c1-19-20(2)56-40-36(19)38(23-5-7-24(42)8-6-23)44-32(39-48-46-22(4)49(39)40)18-35(52)47-45-21(3)43-25-9-12-28(31(15-25)41(53)54)37-29-13-10-26(50)16-33(29)55-34-17-27(51)11-14-30(34)37/h5-17,32,43,45,50H,3,18H2,1-2,4H3,(H,47,52)(H,53,54)/t32-/m0/s1. The van der Waals surface area contributed by atoms with Crippen LogP contribution in [0.15, 0.2) is 105 Å². The number of aliphatic imine (C=N–C) groups is 1. The second kappa shape index (κ2) is 14.1. The maximum absolute atomic E-state index is 13.5. The van der Waals surface area contributed by atoms with Crippen LogP contribution < -0.4 is 21.6 Å². The van der Waals surface area contributed by atoms with Crippen molar-refractivity contribution in [3.63, 3.8) is 0 Å². The smallest absolute Gasteiger partial charge is 0.336 e. The first-order valence-corrected chi connectivity index (χ1v) is 18.5. The number of halogens is 1. The predicted octanol–water partition coefficient (Wildman–Crippen LogP) is 7.68. The van der Waals surface area contributed by atoms with Crippen molar-refractivity contribution in [3.05, 3.63) is 145 Å². The number of amides is 1. The fraction of sp³-hybridized carbons (Fsp3) is 0.122. The Morgan fingerprint density at radius 1 is 0.946 bits per heavy atom. The number of benzene rings is 4. The fourth-order valence-electron chi connectivity index (χ4n) is 6.88. The molecule has 0 radical (unpaired) electrons. The van der Waals surface area contributed by atoms with Gasteiger partial charge >= 0.3 is 5.97 Å². The highest BCUT2D eigenvalue weighted by Crippen LogP contribution is 2.43. The van der Waals surface area contributed by atoms with E-state index in [2.05, 4.69) is 46.8 Å². The number of aryl methyl sites for hydroxylation is 2. The molecule has 2 aliphatic heterocycles. The highest BCUT2D eigenvalue weighted by Gasteiger charge is 2.32. The third-order valence-electron chi connectivity index (χ3n) is 9.58. The highest BCUT2D eigenvalue weighted by atomic mass is 35.5. The molecule has 8 rings (SSSR count). The van der Waals surface area contributed by atoms with Crippen LogP contribution in [0, 0.1) is 20.8 Å². The second-order valence-electron chi connectivity index (χ2n) is 13.3. The number of thiophene rings is 1. The number of hydrogen-bond donors (Lipinski definition) is 5. The molecule has 0 bridgehead atoms. The summed E-state index contributed by atoms with van der Waals surface area (Å²) in [6.45, 7) is 9.94. The molecule has 15 heteroatoms. The van der Waals surface area contributed by atoms with Gasteiger partial charge in [-0.2, -0.15) is 0 Å². The molecule has 2 aromatic heterocycles. The van der Waals surface area contributed by atoms with Gasteiger partial charge in [0, 0.05) is 55.4 Å². The lowest BCUT2D eigenvalue weighted by Gasteiger charge is -2.18. The zero-order valence-corrected chi connectivity index (χ0v) is 31.7. The van der Waals surface area contributed by atoms with E-state index in [0.29, 0.717) is 44.4 Å². The van der Waals surface area contributed by atoms with Gasteiger partial charge in [0.05, 0.1) is 17.7 Å². The van der Waals surface area contributed by atoms with E-state index in [-0.39, 0.29) is 40.3 Å². The van der Waals surface area contributed by atoms with Crippen molar-refractivity contribution >= 4 is 57.2 Å². The van der Waals surface area contributed by atoms with Gasteiger partial charge in [-0.05, 0) is 80.4 Å². The summed E-state index contributed by atoms with van der Waals surface area (Å²) in [4.78, 5) is 44.6. The molecule has 3 aliphatic rings. The van der Waals surface area contributed by atoms with Crippen molar-refractivity contribution < 1.29 is 24.2 Å². The minimum Gasteiger partial charge on any atom is -0.508 e. The van der Waals surface area contributed by atoms with Gasteiger partial charge in [0.25, 0.3) is 0 Å². The number of rotatable bonds is 9. The quantitative estimate of drug-likeness (QED) is 0.0719. The molecular formula is C41H32ClN7O6S. The van der Waals surface area contributed by atoms with Gasteiger partial charge in [0.15, 0.2) is 11.3 Å². The molecule has 13 nitrogen and oxygen atoms in total. The number of fused-ring (bicyclic) bond motifs is 5. The zero-order valence-electron chi connectivity index (χ0n) is 30.1. The molecule has 280 valence electrons. The van der Waals surface area contributed by atoms with Crippen LogP contribution in [0.25, 0.3) is 38.4 Å². The summed E-state index contributed by atoms with van der Waals surface area (Å²) >= 11 is 7.84. The van der Waals surface area contributed by atoms with Gasteiger partial charge < -0.3 is 19.9 Å². The Labute approximate surface area is 327 Å². The number of hydrogen-bond acceptors (Lipinski definition) is 11. The van der Waals surface area contributed by atoms with Crippen LogP contribution in [-0.2, 0) is 4.79 Å². The molecule has 1 atom stereocenters. The molecule has 0 spiro atoms. The van der Waals surface area contributed by atoms with Crippen molar-refractivity contribution in [2.75, 3.05) is 5.32 Å². The molecule has 0 saturated heterocycles. The van der Waals surface area contributed by atoms with Crippen molar-refractivity contribution in [2.24, 2.45) is 4.99 Å². The fourth-order valence-corrected chi connectivity index (χ4v) is 8.22. The number of phenolic OH excluding ortho intramolecular Hbond substituents is 1. The number of hydrazine groups is 1. The van der Waals surface area contributed by atoms with Crippen LogP contribution in [-0.4, -0.2) is 42.6 Å². The maximum atomic E-state index is 13.5. The Morgan fingerprint density at radius 3 is 2.48 bits per heavy atom.